The Bertz CT molecular complexity index is 1010. The van der Waals surface area contributed by atoms with Gasteiger partial charge in [-0.3, -0.25) is 9.59 Å². The molecule has 8 heteroatoms. The van der Waals surface area contributed by atoms with Crippen LogP contribution in [0.5, 0.6) is 0 Å². The summed E-state index contributed by atoms with van der Waals surface area (Å²) >= 11 is 0. The standard InChI is InChI=1S/C21H25N3O4S/c1-14(15-9-11-18(12-10-15)23-20(25)16-7-8-16)22-21(26)17-5-4-6-19(13-17)29(27,28)24(2)3/h4-6,9-14,16H,7-8H2,1-3H3,(H,22,26)(H,23,25). The third kappa shape index (κ3) is 5.02. The first-order valence-electron chi connectivity index (χ1n) is 9.43. The van der Waals surface area contributed by atoms with Crippen molar-refractivity contribution < 1.29 is 18.0 Å². The summed E-state index contributed by atoms with van der Waals surface area (Å²) in [6.07, 6.45) is 1.90. The van der Waals surface area contributed by atoms with E-state index in [1.165, 1.54) is 26.2 Å². The number of nitrogens with zero attached hydrogens (tertiary/aromatic N) is 1. The zero-order valence-electron chi connectivity index (χ0n) is 16.7. The Hall–Kier alpha value is -2.71. The highest BCUT2D eigenvalue weighted by Crippen LogP contribution is 2.30. The molecule has 1 aliphatic carbocycles. The van der Waals surface area contributed by atoms with Gasteiger partial charge < -0.3 is 10.6 Å². The van der Waals surface area contributed by atoms with Crippen molar-refractivity contribution in [1.29, 1.82) is 0 Å². The maximum Gasteiger partial charge on any atom is 0.251 e. The van der Waals surface area contributed by atoms with Gasteiger partial charge in [0, 0.05) is 31.3 Å². The van der Waals surface area contributed by atoms with E-state index >= 15 is 0 Å². The van der Waals surface area contributed by atoms with E-state index in [1.807, 2.05) is 31.2 Å². The summed E-state index contributed by atoms with van der Waals surface area (Å²) in [5.41, 5.74) is 1.87. The second-order valence-corrected chi connectivity index (χ2v) is 9.55. The molecule has 0 spiro atoms. The minimum Gasteiger partial charge on any atom is -0.346 e. The monoisotopic (exact) mass is 415 g/mol. The average Bonchev–Trinajstić information content (AvgIpc) is 3.54. The first-order chi connectivity index (χ1) is 13.7. The average molecular weight is 416 g/mol. The Morgan fingerprint density at radius 1 is 1.07 bits per heavy atom. The quantitative estimate of drug-likeness (QED) is 0.727. The molecule has 0 heterocycles. The number of amides is 2. The van der Waals surface area contributed by atoms with Crippen molar-refractivity contribution in [1.82, 2.24) is 9.62 Å². The lowest BCUT2D eigenvalue weighted by molar-refractivity contribution is -0.117. The van der Waals surface area contributed by atoms with Gasteiger partial charge in [-0.15, -0.1) is 0 Å². The van der Waals surface area contributed by atoms with Gasteiger partial charge in [0.1, 0.15) is 0 Å². The minimum absolute atomic E-state index is 0.0478. The third-order valence-electron chi connectivity index (χ3n) is 4.85. The summed E-state index contributed by atoms with van der Waals surface area (Å²) in [6, 6.07) is 13.0. The zero-order valence-corrected chi connectivity index (χ0v) is 17.5. The van der Waals surface area contributed by atoms with Gasteiger partial charge in [0.05, 0.1) is 10.9 Å². The van der Waals surface area contributed by atoms with E-state index in [-0.39, 0.29) is 34.2 Å². The Balaban J connectivity index is 1.66. The van der Waals surface area contributed by atoms with Crippen molar-refractivity contribution in [2.75, 3.05) is 19.4 Å². The lowest BCUT2D eigenvalue weighted by Gasteiger charge is -2.16. The number of carbonyl (C=O) groups is 2. The topological polar surface area (TPSA) is 95.6 Å². The van der Waals surface area contributed by atoms with Crippen LogP contribution < -0.4 is 10.6 Å². The molecule has 3 rings (SSSR count). The van der Waals surface area contributed by atoms with Crippen LogP contribution in [-0.4, -0.2) is 38.6 Å². The second kappa shape index (κ2) is 8.34. The van der Waals surface area contributed by atoms with Crippen molar-refractivity contribution in [2.45, 2.75) is 30.7 Å². The Kier molecular flexibility index (Phi) is 6.04. The van der Waals surface area contributed by atoms with Gasteiger partial charge in [-0.25, -0.2) is 12.7 Å². The first kappa shape index (κ1) is 21.0. The minimum atomic E-state index is -3.61. The van der Waals surface area contributed by atoms with E-state index in [2.05, 4.69) is 10.6 Å². The zero-order chi connectivity index (χ0) is 21.2. The molecule has 1 aliphatic rings. The van der Waals surface area contributed by atoms with Gasteiger partial charge in [-0.05, 0) is 55.7 Å². The van der Waals surface area contributed by atoms with Gasteiger partial charge in [0.2, 0.25) is 15.9 Å². The number of benzene rings is 2. The Morgan fingerprint density at radius 3 is 2.31 bits per heavy atom. The van der Waals surface area contributed by atoms with Crippen LogP contribution in [0.25, 0.3) is 0 Å². The maximum atomic E-state index is 12.6. The number of carbonyl (C=O) groups excluding carboxylic acids is 2. The van der Waals surface area contributed by atoms with Crippen LogP contribution in [0.1, 0.15) is 41.7 Å². The van der Waals surface area contributed by atoms with E-state index < -0.39 is 10.0 Å². The number of anilines is 1. The largest absolute Gasteiger partial charge is 0.346 e. The fourth-order valence-electron chi connectivity index (χ4n) is 2.82. The van der Waals surface area contributed by atoms with E-state index in [0.717, 1.165) is 28.4 Å². The van der Waals surface area contributed by atoms with Crippen LogP contribution in [0.3, 0.4) is 0 Å². The molecule has 1 unspecified atom stereocenters. The molecular formula is C21H25N3O4S. The van der Waals surface area contributed by atoms with Crippen molar-refractivity contribution >= 4 is 27.5 Å². The van der Waals surface area contributed by atoms with Crippen LogP contribution in [0.2, 0.25) is 0 Å². The smallest absolute Gasteiger partial charge is 0.251 e. The molecule has 1 atom stereocenters. The lowest BCUT2D eigenvalue weighted by Crippen LogP contribution is -2.27. The summed E-state index contributed by atoms with van der Waals surface area (Å²) in [7, 11) is -0.721. The lowest BCUT2D eigenvalue weighted by atomic mass is 10.1. The molecule has 2 N–H and O–H groups in total. The summed E-state index contributed by atoms with van der Waals surface area (Å²) in [6.45, 7) is 1.84. The fraction of sp³-hybridized carbons (Fsp3) is 0.333. The van der Waals surface area contributed by atoms with Gasteiger partial charge in [-0.2, -0.15) is 0 Å². The second-order valence-electron chi connectivity index (χ2n) is 7.40. The number of hydrogen-bond donors (Lipinski definition) is 2. The summed E-state index contributed by atoms with van der Waals surface area (Å²) in [5.74, 6) is -0.175. The molecule has 7 nitrogen and oxygen atoms in total. The van der Waals surface area contributed by atoms with Crippen LogP contribution in [0, 0.1) is 5.92 Å². The predicted octanol–water partition coefficient (Wildman–Crippen LogP) is 2.78. The number of hydrogen-bond acceptors (Lipinski definition) is 4. The molecule has 0 radical (unpaired) electrons. The summed E-state index contributed by atoms with van der Waals surface area (Å²) in [4.78, 5) is 24.5. The highest BCUT2D eigenvalue weighted by molar-refractivity contribution is 7.89. The fourth-order valence-corrected chi connectivity index (χ4v) is 3.76. The van der Waals surface area contributed by atoms with Crippen molar-refractivity contribution in [3.05, 3.63) is 59.7 Å². The first-order valence-corrected chi connectivity index (χ1v) is 10.9. The highest BCUT2D eigenvalue weighted by Gasteiger charge is 2.29. The predicted molar refractivity (Wildman–Crippen MR) is 111 cm³/mol. The van der Waals surface area contributed by atoms with Crippen molar-refractivity contribution in [2.24, 2.45) is 5.92 Å². The molecule has 154 valence electrons. The van der Waals surface area contributed by atoms with E-state index in [9.17, 15) is 18.0 Å². The molecular weight excluding hydrogens is 390 g/mol. The Morgan fingerprint density at radius 2 is 1.72 bits per heavy atom. The molecule has 2 amide bonds. The molecule has 2 aromatic rings. The molecule has 0 bridgehead atoms. The summed E-state index contributed by atoms with van der Waals surface area (Å²) in [5, 5.41) is 5.75. The molecule has 1 saturated carbocycles. The number of sulfonamides is 1. The van der Waals surface area contributed by atoms with Crippen LogP contribution in [-0.2, 0) is 14.8 Å². The third-order valence-corrected chi connectivity index (χ3v) is 6.66. The molecule has 0 aromatic heterocycles. The molecule has 2 aromatic carbocycles. The van der Waals surface area contributed by atoms with Gasteiger partial charge in [0.15, 0.2) is 0 Å². The van der Waals surface area contributed by atoms with Crippen LogP contribution >= 0.6 is 0 Å². The summed E-state index contributed by atoms with van der Waals surface area (Å²) < 4.78 is 25.6. The highest BCUT2D eigenvalue weighted by atomic mass is 32.2. The van der Waals surface area contributed by atoms with Gasteiger partial charge in [0.25, 0.3) is 5.91 Å². The molecule has 1 fully saturated rings. The number of nitrogens with one attached hydrogen (secondary N) is 2. The van der Waals surface area contributed by atoms with Crippen molar-refractivity contribution in [3.63, 3.8) is 0 Å². The maximum absolute atomic E-state index is 12.6. The van der Waals surface area contributed by atoms with E-state index in [0.29, 0.717) is 0 Å². The van der Waals surface area contributed by atoms with E-state index in [4.69, 9.17) is 0 Å². The van der Waals surface area contributed by atoms with Crippen LogP contribution in [0.4, 0.5) is 5.69 Å². The molecule has 0 aliphatic heterocycles. The molecule has 0 saturated heterocycles. The Labute approximate surface area is 171 Å². The molecule has 29 heavy (non-hydrogen) atoms. The van der Waals surface area contributed by atoms with Crippen molar-refractivity contribution in [3.8, 4) is 0 Å². The normalized spacial score (nSPS) is 15.0. The van der Waals surface area contributed by atoms with Gasteiger partial charge >= 0.3 is 0 Å². The van der Waals surface area contributed by atoms with E-state index in [1.54, 1.807) is 12.1 Å². The van der Waals surface area contributed by atoms with Gasteiger partial charge in [-0.1, -0.05) is 18.2 Å². The van der Waals surface area contributed by atoms with Crippen LogP contribution in [0.15, 0.2) is 53.4 Å². The number of rotatable bonds is 7. The SMILES string of the molecule is CC(NC(=O)c1cccc(S(=O)(=O)N(C)C)c1)c1ccc(NC(=O)C2CC2)cc1.